The molecule has 0 saturated carbocycles. The van der Waals surface area contributed by atoms with Gasteiger partial charge in [0.1, 0.15) is 24.4 Å². The summed E-state index contributed by atoms with van der Waals surface area (Å²) in [6.07, 6.45) is 5.91. The van der Waals surface area contributed by atoms with Gasteiger partial charge in [-0.3, -0.25) is 24.4 Å². The summed E-state index contributed by atoms with van der Waals surface area (Å²) in [6.45, 7) is 13.5. The molecule has 3 atom stereocenters. The molecule has 0 radical (unpaired) electrons. The summed E-state index contributed by atoms with van der Waals surface area (Å²) in [6, 6.07) is 12.4. The van der Waals surface area contributed by atoms with E-state index in [0.29, 0.717) is 76.7 Å². The number of nitrogens with zero attached hydrogens (tertiary/aromatic N) is 4. The number of methoxy groups -OCH3 is 1. The average molecular weight is 822 g/mol. The van der Waals surface area contributed by atoms with Gasteiger partial charge in [-0.2, -0.15) is 0 Å². The molecule has 6 bridgehead atoms. The average Bonchev–Trinajstić information content (AvgIpc) is 3.86. The Hall–Kier alpha value is -5.47. The van der Waals surface area contributed by atoms with E-state index >= 15 is 0 Å². The first-order valence-corrected chi connectivity index (χ1v) is 21.2. The first kappa shape index (κ1) is 42.6. The maximum absolute atomic E-state index is 14.5. The minimum atomic E-state index is -1.00. The van der Waals surface area contributed by atoms with E-state index in [9.17, 15) is 19.5 Å². The van der Waals surface area contributed by atoms with Gasteiger partial charge in [-0.05, 0) is 96.7 Å². The standard InChI is InChI=1S/C46H59N7O7/c1-7-52-40-11-10-30-23-35(40)36(41(52)37-25-47-14-12-31(37)26-58-6)24-46(4,5)27-60-44(57)38-9-8-17-53(51-38)43(56)39(21-29-19-32(30)22-33(54)20-29)50-42(55)34(28(2)3)13-15-48-45-49-16-18-59-45/h10-12,14,19-20,22-23,25,28,34,38-39,51,54H,7-9,13,15-18,21,24,26-27H2,1-6H3,(H,48,49)(H,50,55)/t34?,38-,39-/m0/s1. The summed E-state index contributed by atoms with van der Waals surface area (Å²) >= 11 is 0. The summed E-state index contributed by atoms with van der Waals surface area (Å²) in [5, 5.41) is 20.0. The van der Waals surface area contributed by atoms with Gasteiger partial charge in [-0.1, -0.05) is 39.8 Å². The molecule has 4 aromatic rings. The van der Waals surface area contributed by atoms with E-state index < -0.39 is 29.4 Å². The van der Waals surface area contributed by atoms with Crippen molar-refractivity contribution in [2.24, 2.45) is 22.2 Å². The van der Waals surface area contributed by atoms with Crippen molar-refractivity contribution >= 4 is 34.7 Å². The maximum atomic E-state index is 14.5. The van der Waals surface area contributed by atoms with Gasteiger partial charge in [0.2, 0.25) is 5.91 Å². The zero-order chi connectivity index (χ0) is 42.6. The number of amides is 2. The van der Waals surface area contributed by atoms with Gasteiger partial charge >= 0.3 is 5.97 Å². The van der Waals surface area contributed by atoms with E-state index in [1.807, 2.05) is 32.2 Å². The minimum Gasteiger partial charge on any atom is -0.508 e. The van der Waals surface area contributed by atoms with Crippen LogP contribution in [-0.4, -0.2) is 95.5 Å². The summed E-state index contributed by atoms with van der Waals surface area (Å²) in [5.41, 5.74) is 10.1. The van der Waals surface area contributed by atoms with Crippen LogP contribution in [0.1, 0.15) is 70.6 Å². The molecule has 4 N–H and O–H groups in total. The molecule has 5 heterocycles. The molecule has 2 aromatic carbocycles. The lowest BCUT2D eigenvalue weighted by atomic mass is 9.84. The lowest BCUT2D eigenvalue weighted by molar-refractivity contribution is -0.155. The van der Waals surface area contributed by atoms with Gasteiger partial charge in [0, 0.05) is 73.4 Å². The smallest absolute Gasteiger partial charge is 0.324 e. The summed E-state index contributed by atoms with van der Waals surface area (Å²) in [7, 11) is 1.69. The number of aromatic nitrogens is 2. The van der Waals surface area contributed by atoms with Crippen molar-refractivity contribution in [2.75, 3.05) is 40.0 Å². The first-order chi connectivity index (χ1) is 28.8. The highest BCUT2D eigenvalue weighted by molar-refractivity contribution is 5.95. The van der Waals surface area contributed by atoms with Gasteiger partial charge < -0.3 is 34.5 Å². The SMILES string of the molecule is CCn1c(-c2cnccc2COC)c2c3cc(ccc31)-c1cc(O)cc(c1)C[C@H](NC(=O)C(CCNC1=NCCO1)C(C)C)C(=O)N1CCC[C@H](N1)C(=O)OCC(C)(C)C2. The molecule has 3 aliphatic rings. The molecular weight excluding hydrogens is 763 g/mol. The number of pyridine rings is 1. The second-order valence-electron chi connectivity index (χ2n) is 17.3. The molecule has 0 spiro atoms. The monoisotopic (exact) mass is 821 g/mol. The number of carbonyl (C=O) groups excluding carboxylic acids is 3. The lowest BCUT2D eigenvalue weighted by Crippen LogP contribution is -2.61. The highest BCUT2D eigenvalue weighted by Gasteiger charge is 2.36. The Kier molecular flexibility index (Phi) is 13.1. The molecule has 320 valence electrons. The second kappa shape index (κ2) is 18.4. The molecule has 2 amide bonds. The van der Waals surface area contributed by atoms with E-state index in [1.54, 1.807) is 25.4 Å². The normalized spacial score (nSPS) is 20.0. The number of carbonyl (C=O) groups is 3. The van der Waals surface area contributed by atoms with Crippen molar-refractivity contribution in [2.45, 2.75) is 92.0 Å². The van der Waals surface area contributed by atoms with Crippen LogP contribution in [-0.2, 0) is 54.6 Å². The van der Waals surface area contributed by atoms with Crippen molar-refractivity contribution < 1.29 is 33.7 Å². The lowest BCUT2D eigenvalue weighted by Gasteiger charge is -2.36. The number of aromatic hydroxyl groups is 1. The molecule has 14 nitrogen and oxygen atoms in total. The van der Waals surface area contributed by atoms with Crippen LogP contribution in [0.2, 0.25) is 0 Å². The maximum Gasteiger partial charge on any atom is 0.324 e. The number of rotatable bonds is 10. The Morgan fingerprint density at radius 1 is 1.12 bits per heavy atom. The van der Waals surface area contributed by atoms with Crippen LogP contribution in [0.5, 0.6) is 5.75 Å². The first-order valence-electron chi connectivity index (χ1n) is 21.2. The van der Waals surface area contributed by atoms with E-state index in [1.165, 1.54) is 5.01 Å². The second-order valence-corrected chi connectivity index (χ2v) is 17.3. The van der Waals surface area contributed by atoms with Crippen molar-refractivity contribution in [3.8, 4) is 28.1 Å². The molecular formula is C46H59N7O7. The molecule has 2 aromatic heterocycles. The fourth-order valence-electron chi connectivity index (χ4n) is 8.75. The predicted octanol–water partition coefficient (Wildman–Crippen LogP) is 5.53. The van der Waals surface area contributed by atoms with Crippen molar-refractivity contribution in [1.29, 1.82) is 0 Å². The van der Waals surface area contributed by atoms with Gasteiger partial charge in [0.05, 0.1) is 25.5 Å². The Labute approximate surface area is 352 Å². The van der Waals surface area contributed by atoms with Crippen molar-refractivity contribution in [3.63, 3.8) is 0 Å². The van der Waals surface area contributed by atoms with Crippen LogP contribution in [0.4, 0.5) is 0 Å². The molecule has 1 unspecified atom stereocenters. The van der Waals surface area contributed by atoms with Crippen molar-refractivity contribution in [1.82, 2.24) is 30.6 Å². The number of amidine groups is 1. The zero-order valence-electron chi connectivity index (χ0n) is 35.7. The zero-order valence-corrected chi connectivity index (χ0v) is 35.7. The topological polar surface area (TPSA) is 169 Å². The van der Waals surface area contributed by atoms with Crippen LogP contribution in [0.15, 0.2) is 59.9 Å². The third-order valence-electron chi connectivity index (χ3n) is 11.8. The van der Waals surface area contributed by atoms with Gasteiger partial charge in [0.25, 0.3) is 11.9 Å². The Morgan fingerprint density at radius 3 is 2.70 bits per heavy atom. The van der Waals surface area contributed by atoms with E-state index in [2.05, 4.69) is 69.6 Å². The number of esters is 1. The fraction of sp³-hybridized carbons (Fsp3) is 0.500. The van der Waals surface area contributed by atoms with Crippen LogP contribution in [0.25, 0.3) is 33.3 Å². The fourth-order valence-corrected chi connectivity index (χ4v) is 8.75. The summed E-state index contributed by atoms with van der Waals surface area (Å²) in [4.78, 5) is 51.3. The number of nitrogens with one attached hydrogen (secondary N) is 3. The number of hydrogen-bond acceptors (Lipinski definition) is 11. The number of ether oxygens (including phenoxy) is 3. The van der Waals surface area contributed by atoms with Gasteiger partial charge in [-0.25, -0.2) is 10.4 Å². The minimum absolute atomic E-state index is 0.0240. The van der Waals surface area contributed by atoms with Crippen LogP contribution >= 0.6 is 0 Å². The molecule has 0 aliphatic carbocycles. The molecule has 7 rings (SSSR count). The molecule has 60 heavy (non-hydrogen) atoms. The number of aryl methyl sites for hydroxylation is 1. The Balaban J connectivity index is 1.31. The number of cyclic esters (lactones) is 1. The highest BCUT2D eigenvalue weighted by Crippen LogP contribution is 2.41. The largest absolute Gasteiger partial charge is 0.508 e. The van der Waals surface area contributed by atoms with Crippen LogP contribution < -0.4 is 16.1 Å². The van der Waals surface area contributed by atoms with Gasteiger partial charge in [0.15, 0.2) is 0 Å². The summed E-state index contributed by atoms with van der Waals surface area (Å²) < 4.78 is 19.5. The molecule has 14 heteroatoms. The predicted molar refractivity (Wildman–Crippen MR) is 230 cm³/mol. The van der Waals surface area contributed by atoms with E-state index in [0.717, 1.165) is 44.4 Å². The van der Waals surface area contributed by atoms with Crippen molar-refractivity contribution in [3.05, 3.63) is 71.5 Å². The number of phenols is 1. The third-order valence-corrected chi connectivity index (χ3v) is 11.8. The van der Waals surface area contributed by atoms with E-state index in [-0.39, 0.29) is 36.5 Å². The van der Waals surface area contributed by atoms with Crippen LogP contribution in [0.3, 0.4) is 0 Å². The van der Waals surface area contributed by atoms with E-state index in [4.69, 9.17) is 14.2 Å². The molecule has 3 aliphatic heterocycles. The molecule has 1 saturated heterocycles. The summed E-state index contributed by atoms with van der Waals surface area (Å²) in [5.74, 6) is -1.46. The number of phenolic OH excluding ortho intramolecular Hbond substituents is 1. The molecule has 1 fully saturated rings. The number of aliphatic imine (C=N–C) groups is 1. The quantitative estimate of drug-likeness (QED) is 0.149. The Bertz CT molecular complexity index is 2250. The Morgan fingerprint density at radius 2 is 1.95 bits per heavy atom. The highest BCUT2D eigenvalue weighted by atomic mass is 16.5. The third kappa shape index (κ3) is 9.44. The van der Waals surface area contributed by atoms with Gasteiger partial charge in [-0.15, -0.1) is 0 Å². The number of fused-ring (bicyclic) bond motifs is 6. The number of hydrazine groups is 1. The van der Waals surface area contributed by atoms with Crippen LogP contribution in [0, 0.1) is 17.3 Å². The number of benzene rings is 2. The number of hydrogen-bond donors (Lipinski definition) is 4.